The lowest BCUT2D eigenvalue weighted by Crippen LogP contribution is -2.06. The number of esters is 1. The van der Waals surface area contributed by atoms with Gasteiger partial charge in [0, 0.05) is 11.4 Å². The zero-order chi connectivity index (χ0) is 14.0. The third kappa shape index (κ3) is 2.43. The molecule has 0 fully saturated rings. The van der Waals surface area contributed by atoms with E-state index in [9.17, 15) is 4.79 Å². The first kappa shape index (κ1) is 13.5. The number of nitrogens with zero attached hydrogens (tertiary/aromatic N) is 4. The summed E-state index contributed by atoms with van der Waals surface area (Å²) in [6.07, 6.45) is 3.19. The van der Waals surface area contributed by atoms with Crippen molar-refractivity contribution < 1.29 is 9.53 Å². The molecular formula is C13H18N4O2. The highest BCUT2D eigenvalue weighted by molar-refractivity contribution is 5.85. The van der Waals surface area contributed by atoms with Gasteiger partial charge in [0.1, 0.15) is 0 Å². The van der Waals surface area contributed by atoms with Gasteiger partial charge in [0.25, 0.3) is 11.6 Å². The highest BCUT2D eigenvalue weighted by Gasteiger charge is 2.17. The molecule has 0 spiro atoms. The standard InChI is InChI=1S/C13H18N4O2/c1-5-6-7-10-8(2)14-13-15-11(12(18)19-4)16-17(13)9(10)3/h5-7H2,1-4H3. The first-order valence-electron chi connectivity index (χ1n) is 6.39. The quantitative estimate of drug-likeness (QED) is 0.787. The van der Waals surface area contributed by atoms with Crippen LogP contribution in [0.15, 0.2) is 0 Å². The maximum atomic E-state index is 11.4. The van der Waals surface area contributed by atoms with Crippen molar-refractivity contribution in [3.05, 3.63) is 22.8 Å². The Bertz CT molecular complexity index is 619. The minimum Gasteiger partial charge on any atom is -0.463 e. The predicted octanol–water partition coefficient (Wildman–Crippen LogP) is 1.87. The van der Waals surface area contributed by atoms with E-state index in [0.717, 1.165) is 30.7 Å². The summed E-state index contributed by atoms with van der Waals surface area (Å²) in [6, 6.07) is 0. The number of aryl methyl sites for hydroxylation is 2. The van der Waals surface area contributed by atoms with E-state index in [1.54, 1.807) is 4.52 Å². The minimum absolute atomic E-state index is 0.0464. The molecule has 0 atom stereocenters. The summed E-state index contributed by atoms with van der Waals surface area (Å²) in [7, 11) is 1.31. The lowest BCUT2D eigenvalue weighted by Gasteiger charge is -2.09. The Morgan fingerprint density at radius 3 is 2.68 bits per heavy atom. The second kappa shape index (κ2) is 5.34. The van der Waals surface area contributed by atoms with E-state index in [1.165, 1.54) is 12.7 Å². The fourth-order valence-corrected chi connectivity index (χ4v) is 2.10. The molecule has 0 unspecified atom stereocenters. The number of methoxy groups -OCH3 is 1. The first-order valence-corrected chi connectivity index (χ1v) is 6.39. The van der Waals surface area contributed by atoms with Gasteiger partial charge in [0.2, 0.25) is 0 Å². The molecule has 0 radical (unpaired) electrons. The van der Waals surface area contributed by atoms with Crippen molar-refractivity contribution in [2.24, 2.45) is 0 Å². The van der Waals surface area contributed by atoms with E-state index < -0.39 is 5.97 Å². The summed E-state index contributed by atoms with van der Waals surface area (Å²) in [5.41, 5.74) is 3.11. The van der Waals surface area contributed by atoms with Gasteiger partial charge < -0.3 is 4.74 Å². The van der Waals surface area contributed by atoms with E-state index in [0.29, 0.717) is 5.78 Å². The van der Waals surface area contributed by atoms with Crippen LogP contribution in [0.2, 0.25) is 0 Å². The zero-order valence-corrected chi connectivity index (χ0v) is 11.7. The maximum Gasteiger partial charge on any atom is 0.378 e. The second-order valence-corrected chi connectivity index (χ2v) is 4.50. The third-order valence-electron chi connectivity index (χ3n) is 3.20. The molecule has 19 heavy (non-hydrogen) atoms. The number of hydrogen-bond acceptors (Lipinski definition) is 5. The summed E-state index contributed by atoms with van der Waals surface area (Å²) >= 11 is 0. The highest BCUT2D eigenvalue weighted by atomic mass is 16.5. The number of fused-ring (bicyclic) bond motifs is 1. The predicted molar refractivity (Wildman–Crippen MR) is 70.2 cm³/mol. The van der Waals surface area contributed by atoms with E-state index in [4.69, 9.17) is 0 Å². The van der Waals surface area contributed by atoms with Gasteiger partial charge in [-0.25, -0.2) is 14.3 Å². The van der Waals surface area contributed by atoms with Gasteiger partial charge in [-0.05, 0) is 32.3 Å². The third-order valence-corrected chi connectivity index (χ3v) is 3.20. The minimum atomic E-state index is -0.544. The van der Waals surface area contributed by atoms with Crippen molar-refractivity contribution in [1.82, 2.24) is 19.6 Å². The molecule has 6 heteroatoms. The van der Waals surface area contributed by atoms with Crippen LogP contribution in [0.4, 0.5) is 0 Å². The SMILES string of the molecule is CCCCc1c(C)nc2nc(C(=O)OC)nn2c1C. The summed E-state index contributed by atoms with van der Waals surface area (Å²) in [5, 5.41) is 4.16. The molecular weight excluding hydrogens is 244 g/mol. The van der Waals surface area contributed by atoms with Gasteiger partial charge in [0.15, 0.2) is 0 Å². The van der Waals surface area contributed by atoms with Gasteiger partial charge in [-0.2, -0.15) is 4.98 Å². The Balaban J connectivity index is 2.53. The van der Waals surface area contributed by atoms with Crippen molar-refractivity contribution >= 4 is 11.7 Å². The summed E-state index contributed by atoms with van der Waals surface area (Å²) in [6.45, 7) is 6.09. The number of rotatable bonds is 4. The van der Waals surface area contributed by atoms with Crippen molar-refractivity contribution in [3.63, 3.8) is 0 Å². The first-order chi connectivity index (χ1) is 9.08. The molecule has 0 saturated heterocycles. The van der Waals surface area contributed by atoms with E-state index in [1.807, 2.05) is 13.8 Å². The van der Waals surface area contributed by atoms with Gasteiger partial charge in [-0.1, -0.05) is 13.3 Å². The highest BCUT2D eigenvalue weighted by Crippen LogP contribution is 2.16. The van der Waals surface area contributed by atoms with Crippen LogP contribution in [0.25, 0.3) is 5.78 Å². The molecule has 0 saturated carbocycles. The zero-order valence-electron chi connectivity index (χ0n) is 11.7. The van der Waals surface area contributed by atoms with Crippen LogP contribution in [0.5, 0.6) is 0 Å². The van der Waals surface area contributed by atoms with Crippen molar-refractivity contribution in [3.8, 4) is 0 Å². The van der Waals surface area contributed by atoms with Gasteiger partial charge in [0.05, 0.1) is 7.11 Å². The topological polar surface area (TPSA) is 69.4 Å². The smallest absolute Gasteiger partial charge is 0.378 e. The average Bonchev–Trinajstić information content (AvgIpc) is 2.81. The van der Waals surface area contributed by atoms with Crippen molar-refractivity contribution in [2.45, 2.75) is 40.0 Å². The van der Waals surface area contributed by atoms with E-state index >= 15 is 0 Å². The molecule has 2 aromatic rings. The van der Waals surface area contributed by atoms with Gasteiger partial charge >= 0.3 is 5.97 Å². The number of carbonyl (C=O) groups is 1. The molecule has 6 nitrogen and oxygen atoms in total. The average molecular weight is 262 g/mol. The number of hydrogen-bond donors (Lipinski definition) is 0. The second-order valence-electron chi connectivity index (χ2n) is 4.50. The monoisotopic (exact) mass is 262 g/mol. The van der Waals surface area contributed by atoms with E-state index in [2.05, 4.69) is 26.7 Å². The Kier molecular flexibility index (Phi) is 3.78. The van der Waals surface area contributed by atoms with Crippen molar-refractivity contribution in [2.75, 3.05) is 7.11 Å². The molecule has 0 N–H and O–H groups in total. The van der Waals surface area contributed by atoms with Gasteiger partial charge in [-0.15, -0.1) is 5.10 Å². The van der Waals surface area contributed by atoms with E-state index in [-0.39, 0.29) is 5.82 Å². The van der Waals surface area contributed by atoms with Crippen LogP contribution < -0.4 is 0 Å². The Morgan fingerprint density at radius 1 is 1.32 bits per heavy atom. The normalized spacial score (nSPS) is 10.9. The molecule has 2 heterocycles. The van der Waals surface area contributed by atoms with Crippen molar-refractivity contribution in [1.29, 1.82) is 0 Å². The molecule has 0 aliphatic rings. The molecule has 2 rings (SSSR count). The number of carbonyl (C=O) groups excluding carboxylic acids is 1. The van der Waals surface area contributed by atoms with Crippen LogP contribution in [0.3, 0.4) is 0 Å². The maximum absolute atomic E-state index is 11.4. The van der Waals surface area contributed by atoms with Crippen LogP contribution in [-0.2, 0) is 11.2 Å². The molecule has 0 aliphatic heterocycles. The lowest BCUT2D eigenvalue weighted by atomic mass is 10.1. The molecule has 102 valence electrons. The lowest BCUT2D eigenvalue weighted by molar-refractivity contribution is 0.0587. The molecule has 2 aromatic heterocycles. The van der Waals surface area contributed by atoms with Crippen LogP contribution in [0, 0.1) is 13.8 Å². The molecule has 0 aromatic carbocycles. The Hall–Kier alpha value is -1.98. The van der Waals surface area contributed by atoms with Crippen LogP contribution in [-0.4, -0.2) is 32.7 Å². The molecule has 0 aliphatic carbocycles. The number of unbranched alkanes of at least 4 members (excludes halogenated alkanes) is 1. The van der Waals surface area contributed by atoms with Crippen LogP contribution >= 0.6 is 0 Å². The Morgan fingerprint density at radius 2 is 2.05 bits per heavy atom. The van der Waals surface area contributed by atoms with Crippen LogP contribution in [0.1, 0.15) is 47.3 Å². The largest absolute Gasteiger partial charge is 0.463 e. The summed E-state index contributed by atoms with van der Waals surface area (Å²) < 4.78 is 6.24. The summed E-state index contributed by atoms with van der Waals surface area (Å²) in [5.74, 6) is -0.0570. The summed E-state index contributed by atoms with van der Waals surface area (Å²) in [4.78, 5) is 19.9. The number of aromatic nitrogens is 4. The molecule has 0 amide bonds. The van der Waals surface area contributed by atoms with Gasteiger partial charge in [-0.3, -0.25) is 0 Å². The fraction of sp³-hybridized carbons (Fsp3) is 0.538. The fourth-order valence-electron chi connectivity index (χ4n) is 2.10. The number of ether oxygens (including phenoxy) is 1. The Labute approximate surface area is 111 Å². The molecule has 0 bridgehead atoms.